The van der Waals surface area contributed by atoms with Crippen molar-refractivity contribution in [2.24, 2.45) is 0 Å². The lowest BCUT2D eigenvalue weighted by Gasteiger charge is -2.28. The molecule has 5 nitrogen and oxygen atoms in total. The van der Waals surface area contributed by atoms with Crippen molar-refractivity contribution in [3.8, 4) is 11.5 Å². The summed E-state index contributed by atoms with van der Waals surface area (Å²) < 4.78 is 10.8. The van der Waals surface area contributed by atoms with Crippen LogP contribution in [0.4, 0.5) is 5.69 Å². The fourth-order valence-corrected chi connectivity index (χ4v) is 3.83. The molecule has 29 heavy (non-hydrogen) atoms. The summed E-state index contributed by atoms with van der Waals surface area (Å²) in [5.74, 6) is 1.10. The Kier molecular flexibility index (Phi) is 5.32. The zero-order chi connectivity index (χ0) is 20.4. The molecule has 1 amide bonds. The van der Waals surface area contributed by atoms with Gasteiger partial charge in [-0.3, -0.25) is 4.79 Å². The van der Waals surface area contributed by atoms with Gasteiger partial charge < -0.3 is 19.7 Å². The zero-order valence-corrected chi connectivity index (χ0v) is 16.9. The van der Waals surface area contributed by atoms with E-state index in [0.29, 0.717) is 34.3 Å². The highest BCUT2D eigenvalue weighted by molar-refractivity contribution is 6.32. The van der Waals surface area contributed by atoms with Gasteiger partial charge in [-0.15, -0.1) is 0 Å². The highest BCUT2D eigenvalue weighted by atomic mass is 35.5. The van der Waals surface area contributed by atoms with Gasteiger partial charge in [0.05, 0.1) is 24.9 Å². The summed E-state index contributed by atoms with van der Waals surface area (Å²) >= 11 is 6.34. The zero-order valence-electron chi connectivity index (χ0n) is 16.2. The molecule has 1 aliphatic rings. The quantitative estimate of drug-likeness (QED) is 0.614. The fourth-order valence-electron chi connectivity index (χ4n) is 3.59. The van der Waals surface area contributed by atoms with Crippen LogP contribution in [0.15, 0.2) is 66.7 Å². The van der Waals surface area contributed by atoms with Crippen molar-refractivity contribution in [1.29, 1.82) is 0 Å². The van der Waals surface area contributed by atoms with Gasteiger partial charge in [-0.25, -0.2) is 0 Å². The molecule has 1 unspecified atom stereocenters. The number of hydrogen-bond donors (Lipinski definition) is 1. The number of hydrogen-bond acceptors (Lipinski definition) is 4. The standard InChI is InChI=1S/C23H21ClN2O3/c1-28-20-13-21(29-2)19(12-18(20)24)25-22-16-10-6-7-11-17(16)23(27)26(22)14-15-8-4-3-5-9-15/h3-13,22,25H,14H2,1-2H3. The smallest absolute Gasteiger partial charge is 0.256 e. The molecule has 148 valence electrons. The van der Waals surface area contributed by atoms with E-state index in [9.17, 15) is 4.79 Å². The monoisotopic (exact) mass is 408 g/mol. The predicted octanol–water partition coefficient (Wildman–Crippen LogP) is 5.12. The number of ether oxygens (including phenoxy) is 2. The van der Waals surface area contributed by atoms with Gasteiger partial charge in [-0.1, -0.05) is 60.1 Å². The summed E-state index contributed by atoms with van der Waals surface area (Å²) in [7, 11) is 3.14. The van der Waals surface area contributed by atoms with Crippen molar-refractivity contribution in [3.63, 3.8) is 0 Å². The van der Waals surface area contributed by atoms with Gasteiger partial charge >= 0.3 is 0 Å². The van der Waals surface area contributed by atoms with Crippen LogP contribution in [0.3, 0.4) is 0 Å². The van der Waals surface area contributed by atoms with Crippen molar-refractivity contribution >= 4 is 23.2 Å². The number of carbonyl (C=O) groups is 1. The minimum atomic E-state index is -0.350. The van der Waals surface area contributed by atoms with Crippen LogP contribution in [-0.2, 0) is 6.54 Å². The van der Waals surface area contributed by atoms with E-state index in [-0.39, 0.29) is 12.1 Å². The second kappa shape index (κ2) is 8.05. The maximum absolute atomic E-state index is 13.1. The van der Waals surface area contributed by atoms with E-state index in [4.69, 9.17) is 21.1 Å². The molecule has 1 aliphatic heterocycles. The number of nitrogens with one attached hydrogen (secondary N) is 1. The Hall–Kier alpha value is -3.18. The molecule has 6 heteroatoms. The molecule has 0 aliphatic carbocycles. The van der Waals surface area contributed by atoms with Crippen molar-refractivity contribution in [3.05, 3.63) is 88.4 Å². The van der Waals surface area contributed by atoms with E-state index in [0.717, 1.165) is 11.1 Å². The highest BCUT2D eigenvalue weighted by Gasteiger charge is 2.36. The van der Waals surface area contributed by atoms with Crippen molar-refractivity contribution in [2.45, 2.75) is 12.7 Å². The number of carbonyl (C=O) groups excluding carboxylic acids is 1. The van der Waals surface area contributed by atoms with Crippen LogP contribution >= 0.6 is 11.6 Å². The Bertz CT molecular complexity index is 1040. The van der Waals surface area contributed by atoms with Gasteiger partial charge in [0.25, 0.3) is 5.91 Å². The molecular formula is C23H21ClN2O3. The first-order valence-corrected chi connectivity index (χ1v) is 9.62. The number of fused-ring (bicyclic) bond motifs is 1. The van der Waals surface area contributed by atoms with Crippen molar-refractivity contribution < 1.29 is 14.3 Å². The molecule has 4 rings (SSSR count). The number of rotatable bonds is 6. The van der Waals surface area contributed by atoms with Gasteiger partial charge in [0, 0.05) is 23.7 Å². The lowest BCUT2D eigenvalue weighted by molar-refractivity contribution is 0.0728. The highest BCUT2D eigenvalue weighted by Crippen LogP contribution is 2.41. The third-order valence-corrected chi connectivity index (χ3v) is 5.32. The van der Waals surface area contributed by atoms with Crippen LogP contribution in [0.5, 0.6) is 11.5 Å². The Balaban J connectivity index is 1.73. The molecule has 0 saturated carbocycles. The second-order valence-electron chi connectivity index (χ2n) is 6.74. The first-order chi connectivity index (χ1) is 14.1. The van der Waals surface area contributed by atoms with E-state index in [1.807, 2.05) is 59.5 Å². The molecule has 3 aromatic rings. The molecule has 0 saturated heterocycles. The topological polar surface area (TPSA) is 50.8 Å². The molecule has 3 aromatic carbocycles. The predicted molar refractivity (Wildman–Crippen MR) is 114 cm³/mol. The Labute approximate surface area is 174 Å². The van der Waals surface area contributed by atoms with E-state index in [2.05, 4.69) is 5.32 Å². The van der Waals surface area contributed by atoms with Crippen molar-refractivity contribution in [1.82, 2.24) is 4.90 Å². The minimum Gasteiger partial charge on any atom is -0.495 e. The SMILES string of the molecule is COc1cc(OC)c(NC2c3ccccc3C(=O)N2Cc2ccccc2)cc1Cl. The molecule has 1 N–H and O–H groups in total. The van der Waals surface area contributed by atoms with E-state index >= 15 is 0 Å². The maximum atomic E-state index is 13.1. The van der Waals surface area contributed by atoms with Crippen LogP contribution in [0.25, 0.3) is 0 Å². The molecular weight excluding hydrogens is 388 g/mol. The molecule has 1 heterocycles. The van der Waals surface area contributed by atoms with Gasteiger partial charge in [0.15, 0.2) is 0 Å². The Morgan fingerprint density at radius 1 is 0.966 bits per heavy atom. The lowest BCUT2D eigenvalue weighted by atomic mass is 10.1. The maximum Gasteiger partial charge on any atom is 0.256 e. The van der Waals surface area contributed by atoms with E-state index in [1.165, 1.54) is 0 Å². The van der Waals surface area contributed by atoms with E-state index < -0.39 is 0 Å². The Morgan fingerprint density at radius 2 is 1.66 bits per heavy atom. The van der Waals surface area contributed by atoms with Gasteiger partial charge in [0.1, 0.15) is 17.7 Å². The largest absolute Gasteiger partial charge is 0.495 e. The molecule has 0 fully saturated rings. The first kappa shape index (κ1) is 19.2. The first-order valence-electron chi connectivity index (χ1n) is 9.24. The number of halogens is 1. The van der Waals surface area contributed by atoms with Crippen LogP contribution in [-0.4, -0.2) is 25.0 Å². The van der Waals surface area contributed by atoms with Crippen molar-refractivity contribution in [2.75, 3.05) is 19.5 Å². The van der Waals surface area contributed by atoms with Gasteiger partial charge in [-0.05, 0) is 17.7 Å². The summed E-state index contributed by atoms with van der Waals surface area (Å²) in [5, 5.41) is 3.91. The van der Waals surface area contributed by atoms with Gasteiger partial charge in [0.2, 0.25) is 0 Å². The normalized spacial score (nSPS) is 15.2. The summed E-state index contributed by atoms with van der Waals surface area (Å²) in [6, 6.07) is 21.1. The number of benzene rings is 3. The van der Waals surface area contributed by atoms with Crippen LogP contribution in [0, 0.1) is 0 Å². The second-order valence-corrected chi connectivity index (χ2v) is 7.15. The lowest BCUT2D eigenvalue weighted by Crippen LogP contribution is -2.32. The third-order valence-electron chi connectivity index (χ3n) is 5.02. The number of amides is 1. The Morgan fingerprint density at radius 3 is 2.38 bits per heavy atom. The molecule has 0 spiro atoms. The molecule has 0 aromatic heterocycles. The van der Waals surface area contributed by atoms with Crippen LogP contribution in [0.2, 0.25) is 5.02 Å². The molecule has 0 radical (unpaired) electrons. The van der Waals surface area contributed by atoms with Gasteiger partial charge in [-0.2, -0.15) is 0 Å². The number of nitrogens with zero attached hydrogens (tertiary/aromatic N) is 1. The summed E-state index contributed by atoms with van der Waals surface area (Å²) in [6.07, 6.45) is -0.350. The average Bonchev–Trinajstić information content (AvgIpc) is 3.01. The summed E-state index contributed by atoms with van der Waals surface area (Å²) in [4.78, 5) is 14.9. The molecule has 1 atom stereocenters. The summed E-state index contributed by atoms with van der Waals surface area (Å²) in [5.41, 5.74) is 3.35. The number of methoxy groups -OCH3 is 2. The average molecular weight is 409 g/mol. The van der Waals surface area contributed by atoms with Crippen LogP contribution in [0.1, 0.15) is 27.7 Å². The fraction of sp³-hybridized carbons (Fsp3) is 0.174. The van der Waals surface area contributed by atoms with E-state index in [1.54, 1.807) is 26.4 Å². The minimum absolute atomic E-state index is 0.0134. The number of anilines is 1. The summed E-state index contributed by atoms with van der Waals surface area (Å²) in [6.45, 7) is 0.484. The van der Waals surface area contributed by atoms with Crippen LogP contribution < -0.4 is 14.8 Å². The molecule has 0 bridgehead atoms. The third kappa shape index (κ3) is 3.61.